The van der Waals surface area contributed by atoms with E-state index in [1.807, 2.05) is 23.3 Å². The van der Waals surface area contributed by atoms with Crippen molar-refractivity contribution >= 4 is 28.0 Å². The third-order valence-electron chi connectivity index (χ3n) is 3.73. The minimum Gasteiger partial charge on any atom is -0.394 e. The molecule has 20 heavy (non-hydrogen) atoms. The zero-order valence-electron chi connectivity index (χ0n) is 11.9. The number of anilines is 3. The predicted molar refractivity (Wildman–Crippen MR) is 83.5 cm³/mol. The summed E-state index contributed by atoms with van der Waals surface area (Å²) in [4.78, 5) is 9.03. The van der Waals surface area contributed by atoms with Gasteiger partial charge in [0.25, 0.3) is 0 Å². The van der Waals surface area contributed by atoms with Crippen LogP contribution in [0.3, 0.4) is 0 Å². The summed E-state index contributed by atoms with van der Waals surface area (Å²) in [6, 6.07) is 0. The fraction of sp³-hybridized carbons (Fsp3) is 0.538. The highest BCUT2D eigenvalue weighted by molar-refractivity contribution is 7.13. The second kappa shape index (κ2) is 5.32. The van der Waals surface area contributed by atoms with Gasteiger partial charge in [0.05, 0.1) is 11.4 Å². The Morgan fingerprint density at radius 1 is 1.25 bits per heavy atom. The molecule has 7 heteroatoms. The lowest BCUT2D eigenvalue weighted by Gasteiger charge is -2.35. The molecule has 2 aromatic heterocycles. The van der Waals surface area contributed by atoms with E-state index in [4.69, 9.17) is 5.73 Å². The first-order valence-electron chi connectivity index (χ1n) is 6.91. The maximum atomic E-state index is 6.23. The molecule has 3 heterocycles. The van der Waals surface area contributed by atoms with Crippen LogP contribution in [0, 0.1) is 0 Å². The van der Waals surface area contributed by atoms with Crippen molar-refractivity contribution in [1.82, 2.24) is 14.8 Å². The summed E-state index contributed by atoms with van der Waals surface area (Å²) in [5.41, 5.74) is 8.05. The number of aryl methyl sites for hydroxylation is 2. The maximum absolute atomic E-state index is 6.23. The van der Waals surface area contributed by atoms with E-state index in [1.54, 1.807) is 11.3 Å². The van der Waals surface area contributed by atoms with E-state index in [0.29, 0.717) is 0 Å². The van der Waals surface area contributed by atoms with Crippen LogP contribution in [0.4, 0.5) is 16.6 Å². The molecule has 1 aliphatic heterocycles. The molecule has 0 atom stereocenters. The molecule has 0 radical (unpaired) electrons. The minimum absolute atomic E-state index is 0.831. The van der Waals surface area contributed by atoms with Gasteiger partial charge in [0.15, 0.2) is 10.9 Å². The number of hydrogen-bond donors (Lipinski definition) is 1. The van der Waals surface area contributed by atoms with Gasteiger partial charge in [0.1, 0.15) is 0 Å². The zero-order chi connectivity index (χ0) is 14.1. The Hall–Kier alpha value is -1.76. The minimum atomic E-state index is 0.831. The highest BCUT2D eigenvalue weighted by Crippen LogP contribution is 2.28. The third-order valence-corrected chi connectivity index (χ3v) is 4.57. The van der Waals surface area contributed by atoms with Crippen molar-refractivity contribution in [2.45, 2.75) is 13.3 Å². The van der Waals surface area contributed by atoms with Crippen LogP contribution in [-0.4, -0.2) is 40.9 Å². The number of nitrogen functional groups attached to an aromatic ring is 1. The number of thiazole rings is 1. The summed E-state index contributed by atoms with van der Waals surface area (Å²) in [5.74, 6) is 1.06. The molecule has 2 N–H and O–H groups in total. The Morgan fingerprint density at radius 2 is 1.95 bits per heavy atom. The number of nitrogens with two attached hydrogens (primary N) is 1. The van der Waals surface area contributed by atoms with Crippen LogP contribution in [0.1, 0.15) is 12.6 Å². The maximum Gasteiger partial charge on any atom is 0.185 e. The van der Waals surface area contributed by atoms with Gasteiger partial charge in [-0.1, -0.05) is 6.92 Å². The number of piperazine rings is 1. The zero-order valence-corrected chi connectivity index (χ0v) is 12.7. The average Bonchev–Trinajstić information content (AvgIpc) is 3.08. The van der Waals surface area contributed by atoms with Crippen LogP contribution in [0.15, 0.2) is 11.6 Å². The largest absolute Gasteiger partial charge is 0.394 e. The molecule has 0 aliphatic carbocycles. The molecule has 0 amide bonds. The van der Waals surface area contributed by atoms with Crippen LogP contribution in [0.2, 0.25) is 0 Å². The fourth-order valence-electron chi connectivity index (χ4n) is 2.70. The molecule has 1 saturated heterocycles. The number of hydrogen-bond acceptors (Lipinski definition) is 6. The van der Waals surface area contributed by atoms with E-state index in [9.17, 15) is 0 Å². The first-order chi connectivity index (χ1) is 9.70. The summed E-state index contributed by atoms with van der Waals surface area (Å²) < 4.78 is 1.91. The van der Waals surface area contributed by atoms with Crippen LogP contribution in [0.5, 0.6) is 0 Å². The van der Waals surface area contributed by atoms with E-state index >= 15 is 0 Å². The Kier molecular flexibility index (Phi) is 3.52. The molecule has 3 rings (SSSR count). The Labute approximate surface area is 122 Å². The summed E-state index contributed by atoms with van der Waals surface area (Å²) in [5, 5.41) is 7.63. The summed E-state index contributed by atoms with van der Waals surface area (Å²) in [7, 11) is 1.97. The molecule has 108 valence electrons. The Balaban J connectivity index is 1.74. The van der Waals surface area contributed by atoms with Gasteiger partial charge in [-0.25, -0.2) is 4.98 Å². The SMILES string of the molecule is CCc1nn(C)c(N2CCN(c3nccs3)CC2)c1N. The highest BCUT2D eigenvalue weighted by atomic mass is 32.1. The van der Waals surface area contributed by atoms with Gasteiger partial charge in [0.2, 0.25) is 0 Å². The second-order valence-corrected chi connectivity index (χ2v) is 5.82. The molecule has 0 saturated carbocycles. The molecule has 0 spiro atoms. The molecular formula is C13H20N6S. The summed E-state index contributed by atoms with van der Waals surface area (Å²) in [6.45, 7) is 5.93. The topological polar surface area (TPSA) is 63.2 Å². The fourth-order valence-corrected chi connectivity index (χ4v) is 3.40. The van der Waals surface area contributed by atoms with Gasteiger partial charge in [-0.3, -0.25) is 4.68 Å². The number of rotatable bonds is 3. The Bertz CT molecular complexity index is 568. The van der Waals surface area contributed by atoms with Crippen molar-refractivity contribution in [3.63, 3.8) is 0 Å². The van der Waals surface area contributed by atoms with Crippen molar-refractivity contribution in [1.29, 1.82) is 0 Å². The third kappa shape index (κ3) is 2.22. The standard InChI is InChI=1S/C13H20N6S/c1-3-10-11(14)12(17(2)16-10)18-5-7-19(8-6-18)13-15-4-9-20-13/h4,9H,3,5-8,14H2,1-2H3. The van der Waals surface area contributed by atoms with Crippen molar-refractivity contribution < 1.29 is 0 Å². The molecular weight excluding hydrogens is 272 g/mol. The van der Waals surface area contributed by atoms with Crippen molar-refractivity contribution in [3.05, 3.63) is 17.3 Å². The van der Waals surface area contributed by atoms with Crippen LogP contribution < -0.4 is 15.5 Å². The Morgan fingerprint density at radius 3 is 2.50 bits per heavy atom. The second-order valence-electron chi connectivity index (χ2n) is 4.95. The first-order valence-corrected chi connectivity index (χ1v) is 7.79. The lowest BCUT2D eigenvalue weighted by Crippen LogP contribution is -2.47. The molecule has 2 aromatic rings. The monoisotopic (exact) mass is 292 g/mol. The molecule has 6 nitrogen and oxygen atoms in total. The number of nitrogens with zero attached hydrogens (tertiary/aromatic N) is 5. The molecule has 1 fully saturated rings. The molecule has 0 unspecified atom stereocenters. The predicted octanol–water partition coefficient (Wildman–Crippen LogP) is 1.35. The van der Waals surface area contributed by atoms with Crippen molar-refractivity contribution in [2.24, 2.45) is 7.05 Å². The van der Waals surface area contributed by atoms with E-state index in [-0.39, 0.29) is 0 Å². The number of aromatic nitrogens is 3. The van der Waals surface area contributed by atoms with E-state index < -0.39 is 0 Å². The summed E-state index contributed by atoms with van der Waals surface area (Å²) in [6.07, 6.45) is 2.73. The van der Waals surface area contributed by atoms with Crippen LogP contribution >= 0.6 is 11.3 Å². The van der Waals surface area contributed by atoms with Gasteiger partial charge < -0.3 is 15.5 Å². The van der Waals surface area contributed by atoms with E-state index in [0.717, 1.165) is 54.9 Å². The normalized spacial score (nSPS) is 15.9. The first kappa shape index (κ1) is 13.2. The van der Waals surface area contributed by atoms with Gasteiger partial charge in [-0.05, 0) is 6.42 Å². The molecule has 1 aliphatic rings. The summed E-state index contributed by atoms with van der Waals surface area (Å²) >= 11 is 1.69. The van der Waals surface area contributed by atoms with E-state index in [1.165, 1.54) is 0 Å². The highest BCUT2D eigenvalue weighted by Gasteiger charge is 2.24. The average molecular weight is 292 g/mol. The van der Waals surface area contributed by atoms with Gasteiger partial charge in [-0.2, -0.15) is 5.10 Å². The molecule has 0 bridgehead atoms. The van der Waals surface area contributed by atoms with Crippen LogP contribution in [0.25, 0.3) is 0 Å². The van der Waals surface area contributed by atoms with Crippen LogP contribution in [-0.2, 0) is 13.5 Å². The van der Waals surface area contributed by atoms with Gasteiger partial charge >= 0.3 is 0 Å². The molecule has 0 aromatic carbocycles. The van der Waals surface area contributed by atoms with Crippen molar-refractivity contribution in [3.8, 4) is 0 Å². The van der Waals surface area contributed by atoms with Gasteiger partial charge in [-0.15, -0.1) is 11.3 Å². The van der Waals surface area contributed by atoms with E-state index in [2.05, 4.69) is 26.8 Å². The quantitative estimate of drug-likeness (QED) is 0.925. The van der Waals surface area contributed by atoms with Crippen molar-refractivity contribution in [2.75, 3.05) is 41.7 Å². The lowest BCUT2D eigenvalue weighted by molar-refractivity contribution is 0.623. The van der Waals surface area contributed by atoms with Gasteiger partial charge in [0, 0.05) is 44.8 Å². The smallest absolute Gasteiger partial charge is 0.185 e. The lowest BCUT2D eigenvalue weighted by atomic mass is 10.2.